The van der Waals surface area contributed by atoms with E-state index < -0.39 is 26.7 Å². The Morgan fingerprint density at radius 2 is 1.77 bits per heavy atom. The molecule has 0 saturated carbocycles. The number of rotatable bonds is 5. The van der Waals surface area contributed by atoms with Gasteiger partial charge in [-0.15, -0.1) is 11.3 Å². The third-order valence-electron chi connectivity index (χ3n) is 5.22. The maximum atomic E-state index is 13.4. The topological polar surface area (TPSA) is 50.3 Å². The molecule has 2 aromatic carbocycles. The molecule has 164 valence electrons. The zero-order valence-corrected chi connectivity index (χ0v) is 19.3. The fraction of sp³-hybridized carbons (Fsp3) is 0.286. The summed E-state index contributed by atoms with van der Waals surface area (Å²) in [6.07, 6.45) is 1.20. The summed E-state index contributed by atoms with van der Waals surface area (Å²) in [5.41, 5.74) is 1.23. The van der Waals surface area contributed by atoms with Gasteiger partial charge in [-0.1, -0.05) is 29.3 Å². The Bertz CT molecular complexity index is 1190. The van der Waals surface area contributed by atoms with Crippen molar-refractivity contribution in [1.29, 1.82) is 0 Å². The number of halogens is 4. The normalized spacial score (nSPS) is 15.4. The molecule has 0 N–H and O–H groups in total. The van der Waals surface area contributed by atoms with Crippen molar-refractivity contribution in [2.24, 2.45) is 0 Å². The molecule has 0 bridgehead atoms. The van der Waals surface area contributed by atoms with E-state index in [1.165, 1.54) is 29.5 Å². The number of piperidine rings is 1. The van der Waals surface area contributed by atoms with Gasteiger partial charge in [0.2, 0.25) is 0 Å². The van der Waals surface area contributed by atoms with E-state index >= 15 is 0 Å². The van der Waals surface area contributed by atoms with E-state index in [-0.39, 0.29) is 14.9 Å². The van der Waals surface area contributed by atoms with Gasteiger partial charge in [0.05, 0.1) is 25.9 Å². The van der Waals surface area contributed by atoms with Gasteiger partial charge in [-0.25, -0.2) is 22.2 Å². The fourth-order valence-electron chi connectivity index (χ4n) is 3.69. The van der Waals surface area contributed by atoms with Crippen molar-refractivity contribution >= 4 is 49.5 Å². The van der Waals surface area contributed by atoms with E-state index in [0.29, 0.717) is 43.6 Å². The summed E-state index contributed by atoms with van der Waals surface area (Å²) in [7, 11) is -3.60. The van der Waals surface area contributed by atoms with E-state index in [9.17, 15) is 17.2 Å². The van der Waals surface area contributed by atoms with Crippen molar-refractivity contribution in [2.75, 3.05) is 18.0 Å². The minimum Gasteiger partial charge on any atom is -0.348 e. The molecule has 1 saturated heterocycles. The molecule has 0 aliphatic carbocycles. The van der Waals surface area contributed by atoms with E-state index in [2.05, 4.69) is 4.98 Å². The molecule has 4 nitrogen and oxygen atoms in total. The van der Waals surface area contributed by atoms with Gasteiger partial charge in [0.25, 0.3) is 0 Å². The molecular weight excluding hydrogens is 485 g/mol. The van der Waals surface area contributed by atoms with Crippen LogP contribution >= 0.6 is 34.5 Å². The highest BCUT2D eigenvalue weighted by Crippen LogP contribution is 2.35. The Morgan fingerprint density at radius 3 is 2.45 bits per heavy atom. The Kier molecular flexibility index (Phi) is 6.53. The van der Waals surface area contributed by atoms with Crippen LogP contribution in [0.25, 0.3) is 0 Å². The summed E-state index contributed by atoms with van der Waals surface area (Å²) in [5, 5.41) is 2.35. The average molecular weight is 503 g/mol. The van der Waals surface area contributed by atoms with E-state index in [0.717, 1.165) is 11.2 Å². The minimum absolute atomic E-state index is 0.0601. The highest BCUT2D eigenvalue weighted by Gasteiger charge is 2.33. The highest BCUT2D eigenvalue weighted by atomic mass is 35.5. The third kappa shape index (κ3) is 4.87. The number of anilines is 1. The number of benzene rings is 2. The largest absolute Gasteiger partial charge is 0.348 e. The maximum absolute atomic E-state index is 13.4. The van der Waals surface area contributed by atoms with Crippen LogP contribution < -0.4 is 4.90 Å². The maximum Gasteiger partial charge on any atom is 0.185 e. The standard InChI is InChI=1S/C21H18Cl2F2N2O2S2/c22-18-2-1-3-19(20(18)23)31(28,29)17-4-6-27(7-5-17)21-26-16(12-30-21)10-13-8-14(24)11-15(25)9-13/h1-3,8-9,11-12,17H,4-7,10H2. The molecule has 4 rings (SSSR count). The second kappa shape index (κ2) is 9.02. The van der Waals surface area contributed by atoms with Crippen molar-refractivity contribution in [3.63, 3.8) is 0 Å². The Balaban J connectivity index is 1.43. The molecule has 1 aromatic heterocycles. The van der Waals surface area contributed by atoms with Crippen molar-refractivity contribution in [3.05, 3.63) is 74.7 Å². The zero-order valence-electron chi connectivity index (χ0n) is 16.2. The Morgan fingerprint density at radius 1 is 1.10 bits per heavy atom. The second-order valence-corrected chi connectivity index (χ2v) is 11.2. The second-order valence-electron chi connectivity index (χ2n) is 7.36. The fourth-order valence-corrected chi connectivity index (χ4v) is 7.06. The first-order valence-corrected chi connectivity index (χ1v) is 12.7. The Hall–Kier alpha value is -1.74. The van der Waals surface area contributed by atoms with Crippen molar-refractivity contribution < 1.29 is 17.2 Å². The van der Waals surface area contributed by atoms with E-state index in [1.807, 2.05) is 10.3 Å². The smallest absolute Gasteiger partial charge is 0.185 e. The van der Waals surface area contributed by atoms with Gasteiger partial charge in [-0.2, -0.15) is 0 Å². The molecule has 0 atom stereocenters. The van der Waals surface area contributed by atoms with Gasteiger partial charge in [-0.05, 0) is 42.7 Å². The Labute approximate surface area is 193 Å². The molecule has 2 heterocycles. The molecule has 10 heteroatoms. The van der Waals surface area contributed by atoms with Crippen LogP contribution in [-0.4, -0.2) is 31.7 Å². The summed E-state index contributed by atoms with van der Waals surface area (Å²) in [5.74, 6) is -1.23. The summed E-state index contributed by atoms with van der Waals surface area (Å²) < 4.78 is 52.9. The van der Waals surface area contributed by atoms with E-state index in [1.54, 1.807) is 12.1 Å². The first-order valence-electron chi connectivity index (χ1n) is 9.56. The van der Waals surface area contributed by atoms with Gasteiger partial charge in [0.15, 0.2) is 15.0 Å². The molecule has 0 amide bonds. The summed E-state index contributed by atoms with van der Waals surface area (Å²) in [4.78, 5) is 6.67. The summed E-state index contributed by atoms with van der Waals surface area (Å²) in [6.45, 7) is 1.06. The minimum atomic E-state index is -3.60. The molecule has 31 heavy (non-hydrogen) atoms. The lowest BCUT2D eigenvalue weighted by Gasteiger charge is -2.31. The van der Waals surface area contributed by atoms with Crippen LogP contribution in [0.4, 0.5) is 13.9 Å². The summed E-state index contributed by atoms with van der Waals surface area (Å²) in [6, 6.07) is 8.05. The number of sulfone groups is 1. The van der Waals surface area contributed by atoms with Crippen molar-refractivity contribution in [1.82, 2.24) is 4.98 Å². The quantitative estimate of drug-likeness (QED) is 0.444. The van der Waals surface area contributed by atoms with Gasteiger partial charge in [0, 0.05) is 31.0 Å². The first kappa shape index (κ1) is 22.5. The van der Waals surface area contributed by atoms with Gasteiger partial charge in [-0.3, -0.25) is 0 Å². The molecule has 1 aliphatic rings. The number of hydrogen-bond donors (Lipinski definition) is 0. The lowest BCUT2D eigenvalue weighted by molar-refractivity contribution is 0.529. The molecular formula is C21H18Cl2F2N2O2S2. The van der Waals surface area contributed by atoms with Crippen LogP contribution in [0.15, 0.2) is 46.7 Å². The lowest BCUT2D eigenvalue weighted by atomic mass is 10.1. The first-order chi connectivity index (χ1) is 14.7. The van der Waals surface area contributed by atoms with Crippen molar-refractivity contribution in [3.8, 4) is 0 Å². The molecule has 0 spiro atoms. The highest BCUT2D eigenvalue weighted by molar-refractivity contribution is 7.92. The zero-order chi connectivity index (χ0) is 22.2. The molecule has 0 unspecified atom stereocenters. The van der Waals surface area contributed by atoms with Gasteiger partial charge in [0.1, 0.15) is 11.6 Å². The predicted octanol–water partition coefficient (Wildman–Crippen LogP) is 5.76. The van der Waals surface area contributed by atoms with Crippen molar-refractivity contribution in [2.45, 2.75) is 29.4 Å². The number of nitrogens with zero attached hydrogens (tertiary/aromatic N) is 2. The molecule has 0 radical (unpaired) electrons. The molecule has 1 aliphatic heterocycles. The van der Waals surface area contributed by atoms with Crippen LogP contribution in [0.5, 0.6) is 0 Å². The van der Waals surface area contributed by atoms with Gasteiger partial charge < -0.3 is 4.90 Å². The average Bonchev–Trinajstić information content (AvgIpc) is 3.17. The SMILES string of the molecule is O=S(=O)(c1cccc(Cl)c1Cl)C1CCN(c2nc(Cc3cc(F)cc(F)c3)cs2)CC1. The summed E-state index contributed by atoms with van der Waals surface area (Å²) >= 11 is 13.6. The predicted molar refractivity (Wildman–Crippen MR) is 120 cm³/mol. The van der Waals surface area contributed by atoms with E-state index in [4.69, 9.17) is 23.2 Å². The number of hydrogen-bond acceptors (Lipinski definition) is 5. The lowest BCUT2D eigenvalue weighted by Crippen LogP contribution is -2.39. The van der Waals surface area contributed by atoms with Crippen LogP contribution in [0.1, 0.15) is 24.1 Å². The number of aromatic nitrogens is 1. The monoisotopic (exact) mass is 502 g/mol. The van der Waals surface area contributed by atoms with Crippen LogP contribution in [0, 0.1) is 11.6 Å². The number of thiazole rings is 1. The van der Waals surface area contributed by atoms with Gasteiger partial charge >= 0.3 is 0 Å². The third-order valence-corrected chi connectivity index (χ3v) is 9.40. The van der Waals surface area contributed by atoms with Crippen LogP contribution in [-0.2, 0) is 16.3 Å². The van der Waals surface area contributed by atoms with Crippen LogP contribution in [0.3, 0.4) is 0 Å². The molecule has 3 aromatic rings. The van der Waals surface area contributed by atoms with Crippen LogP contribution in [0.2, 0.25) is 10.0 Å². The molecule has 1 fully saturated rings.